The van der Waals surface area contributed by atoms with Gasteiger partial charge in [-0.1, -0.05) is 19.9 Å². The highest BCUT2D eigenvalue weighted by molar-refractivity contribution is 5.92. The van der Waals surface area contributed by atoms with E-state index in [2.05, 4.69) is 5.32 Å². The van der Waals surface area contributed by atoms with Crippen LogP contribution in [0, 0.1) is 5.92 Å². The molecular formula is C9H15NO2. The molecule has 0 rings (SSSR count). The minimum atomic E-state index is -0.216. The SMILES string of the molecule is C/C=C/C(=O)NCC(=O)C(C)C. The number of carbonyl (C=O) groups excluding carboxylic acids is 2. The van der Waals surface area contributed by atoms with E-state index in [-0.39, 0.29) is 24.2 Å². The Morgan fingerprint density at radius 2 is 2.00 bits per heavy atom. The predicted octanol–water partition coefficient (Wildman–Crippen LogP) is 0.904. The van der Waals surface area contributed by atoms with Gasteiger partial charge in [0.1, 0.15) is 0 Å². The molecule has 0 aliphatic heterocycles. The van der Waals surface area contributed by atoms with E-state index in [0.717, 1.165) is 0 Å². The second-order valence-electron chi connectivity index (χ2n) is 2.84. The Labute approximate surface area is 72.8 Å². The molecule has 0 atom stereocenters. The normalized spacial score (nSPS) is 10.7. The van der Waals surface area contributed by atoms with Gasteiger partial charge in [0.15, 0.2) is 5.78 Å². The standard InChI is InChI=1S/C9H15NO2/c1-4-5-9(12)10-6-8(11)7(2)3/h4-5,7H,6H2,1-3H3,(H,10,12)/b5-4+. The van der Waals surface area contributed by atoms with Gasteiger partial charge in [-0.05, 0) is 13.0 Å². The molecule has 1 amide bonds. The third-order valence-electron chi connectivity index (χ3n) is 1.40. The zero-order valence-electron chi connectivity index (χ0n) is 7.76. The lowest BCUT2D eigenvalue weighted by Crippen LogP contribution is -2.30. The first-order chi connectivity index (χ1) is 5.57. The van der Waals surface area contributed by atoms with E-state index in [9.17, 15) is 9.59 Å². The number of allylic oxidation sites excluding steroid dienone is 1. The molecule has 0 fully saturated rings. The number of rotatable bonds is 4. The van der Waals surface area contributed by atoms with Crippen LogP contribution in [0.5, 0.6) is 0 Å². The molecule has 1 N–H and O–H groups in total. The summed E-state index contributed by atoms with van der Waals surface area (Å²) in [5.74, 6) is -0.185. The van der Waals surface area contributed by atoms with E-state index in [4.69, 9.17) is 0 Å². The number of hydrogen-bond donors (Lipinski definition) is 1. The van der Waals surface area contributed by atoms with E-state index in [1.54, 1.807) is 13.0 Å². The summed E-state index contributed by atoms with van der Waals surface area (Å²) in [6.45, 7) is 5.50. The number of carbonyl (C=O) groups is 2. The summed E-state index contributed by atoms with van der Waals surface area (Å²) in [7, 11) is 0. The number of amides is 1. The minimum Gasteiger partial charge on any atom is -0.345 e. The van der Waals surface area contributed by atoms with Crippen molar-refractivity contribution >= 4 is 11.7 Å². The monoisotopic (exact) mass is 169 g/mol. The predicted molar refractivity (Wildman–Crippen MR) is 47.7 cm³/mol. The van der Waals surface area contributed by atoms with Crippen molar-refractivity contribution in [2.45, 2.75) is 20.8 Å². The second-order valence-corrected chi connectivity index (χ2v) is 2.84. The number of Topliss-reactive ketones (excluding diaryl/α,β-unsaturated/α-hetero) is 1. The molecule has 0 aromatic rings. The summed E-state index contributed by atoms with van der Waals surface area (Å²) in [5.41, 5.74) is 0. The molecule has 0 aliphatic rings. The van der Waals surface area contributed by atoms with E-state index in [1.165, 1.54) is 6.08 Å². The van der Waals surface area contributed by atoms with Crippen LogP contribution in [0.4, 0.5) is 0 Å². The molecular weight excluding hydrogens is 154 g/mol. The average molecular weight is 169 g/mol. The van der Waals surface area contributed by atoms with Gasteiger partial charge in [0, 0.05) is 5.92 Å². The molecule has 0 saturated carbocycles. The van der Waals surface area contributed by atoms with E-state index >= 15 is 0 Å². The Morgan fingerprint density at radius 3 is 2.42 bits per heavy atom. The van der Waals surface area contributed by atoms with E-state index in [1.807, 2.05) is 13.8 Å². The highest BCUT2D eigenvalue weighted by atomic mass is 16.2. The fraction of sp³-hybridized carbons (Fsp3) is 0.556. The van der Waals surface area contributed by atoms with E-state index < -0.39 is 0 Å². The van der Waals surface area contributed by atoms with Crippen LogP contribution in [0.3, 0.4) is 0 Å². The van der Waals surface area contributed by atoms with Crippen molar-refractivity contribution in [2.75, 3.05) is 6.54 Å². The molecule has 0 aromatic heterocycles. The summed E-state index contributed by atoms with van der Waals surface area (Å²) in [6.07, 6.45) is 3.03. The Morgan fingerprint density at radius 1 is 1.42 bits per heavy atom. The molecule has 0 heterocycles. The number of hydrogen-bond acceptors (Lipinski definition) is 2. The largest absolute Gasteiger partial charge is 0.345 e. The van der Waals surface area contributed by atoms with Gasteiger partial charge in [-0.25, -0.2) is 0 Å². The van der Waals surface area contributed by atoms with Crippen molar-refractivity contribution in [2.24, 2.45) is 5.92 Å². The van der Waals surface area contributed by atoms with Gasteiger partial charge < -0.3 is 5.32 Å². The molecule has 0 aliphatic carbocycles. The number of nitrogens with one attached hydrogen (secondary N) is 1. The Balaban J connectivity index is 3.69. The van der Waals surface area contributed by atoms with Gasteiger partial charge in [0.25, 0.3) is 0 Å². The molecule has 12 heavy (non-hydrogen) atoms. The molecule has 68 valence electrons. The molecule has 0 saturated heterocycles. The Bertz CT molecular complexity index is 195. The van der Waals surface area contributed by atoms with Gasteiger partial charge in [-0.15, -0.1) is 0 Å². The summed E-state index contributed by atoms with van der Waals surface area (Å²) < 4.78 is 0. The molecule has 3 heteroatoms. The molecule has 0 spiro atoms. The quantitative estimate of drug-likeness (QED) is 0.636. The van der Waals surface area contributed by atoms with Crippen molar-refractivity contribution in [1.82, 2.24) is 5.32 Å². The Hall–Kier alpha value is -1.12. The third-order valence-corrected chi connectivity index (χ3v) is 1.40. The summed E-state index contributed by atoms with van der Waals surface area (Å²) in [6, 6.07) is 0. The van der Waals surface area contributed by atoms with Crippen molar-refractivity contribution in [3.8, 4) is 0 Å². The van der Waals surface area contributed by atoms with Crippen LogP contribution in [0.25, 0.3) is 0 Å². The van der Waals surface area contributed by atoms with Crippen LogP contribution in [-0.2, 0) is 9.59 Å². The van der Waals surface area contributed by atoms with Gasteiger partial charge in [0.2, 0.25) is 5.91 Å². The first-order valence-electron chi connectivity index (χ1n) is 4.01. The average Bonchev–Trinajstić information content (AvgIpc) is 2.00. The molecule has 0 unspecified atom stereocenters. The first kappa shape index (κ1) is 10.9. The van der Waals surface area contributed by atoms with Crippen LogP contribution in [-0.4, -0.2) is 18.2 Å². The van der Waals surface area contributed by atoms with Gasteiger partial charge in [-0.2, -0.15) is 0 Å². The van der Waals surface area contributed by atoms with Crippen LogP contribution in [0.1, 0.15) is 20.8 Å². The zero-order valence-corrected chi connectivity index (χ0v) is 7.76. The molecule has 3 nitrogen and oxygen atoms in total. The van der Waals surface area contributed by atoms with E-state index in [0.29, 0.717) is 0 Å². The van der Waals surface area contributed by atoms with Crippen LogP contribution >= 0.6 is 0 Å². The lowest BCUT2D eigenvalue weighted by molar-refractivity contribution is -0.124. The summed E-state index contributed by atoms with van der Waals surface area (Å²) in [5, 5.41) is 2.49. The van der Waals surface area contributed by atoms with Gasteiger partial charge in [0.05, 0.1) is 6.54 Å². The van der Waals surface area contributed by atoms with Gasteiger partial charge >= 0.3 is 0 Å². The van der Waals surface area contributed by atoms with Crippen molar-refractivity contribution < 1.29 is 9.59 Å². The molecule has 0 radical (unpaired) electrons. The first-order valence-corrected chi connectivity index (χ1v) is 4.01. The lowest BCUT2D eigenvalue weighted by Gasteiger charge is -2.03. The highest BCUT2D eigenvalue weighted by Gasteiger charge is 2.06. The number of ketones is 1. The smallest absolute Gasteiger partial charge is 0.244 e. The van der Waals surface area contributed by atoms with Crippen LogP contribution in [0.15, 0.2) is 12.2 Å². The Kier molecular flexibility index (Phi) is 5.00. The maximum Gasteiger partial charge on any atom is 0.244 e. The van der Waals surface area contributed by atoms with Crippen LogP contribution in [0.2, 0.25) is 0 Å². The van der Waals surface area contributed by atoms with Crippen LogP contribution < -0.4 is 5.32 Å². The highest BCUT2D eigenvalue weighted by Crippen LogP contribution is 1.91. The fourth-order valence-corrected chi connectivity index (χ4v) is 0.589. The molecule has 0 aromatic carbocycles. The maximum atomic E-state index is 11.0. The van der Waals surface area contributed by atoms with Gasteiger partial charge in [-0.3, -0.25) is 9.59 Å². The third kappa shape index (κ3) is 4.66. The van der Waals surface area contributed by atoms with Crippen molar-refractivity contribution in [3.63, 3.8) is 0 Å². The summed E-state index contributed by atoms with van der Waals surface area (Å²) >= 11 is 0. The fourth-order valence-electron chi connectivity index (χ4n) is 0.589. The summed E-state index contributed by atoms with van der Waals surface area (Å²) in [4.78, 5) is 21.8. The second kappa shape index (κ2) is 5.52. The lowest BCUT2D eigenvalue weighted by atomic mass is 10.1. The maximum absolute atomic E-state index is 11.0. The van der Waals surface area contributed by atoms with Crippen molar-refractivity contribution in [3.05, 3.63) is 12.2 Å². The zero-order chi connectivity index (χ0) is 9.56. The minimum absolute atomic E-state index is 0.0177. The topological polar surface area (TPSA) is 46.2 Å². The molecule has 0 bridgehead atoms. The van der Waals surface area contributed by atoms with Crippen molar-refractivity contribution in [1.29, 1.82) is 0 Å².